The van der Waals surface area contributed by atoms with Crippen LogP contribution >= 0.6 is 23.2 Å². The summed E-state index contributed by atoms with van der Waals surface area (Å²) in [5, 5.41) is 18.7. The Kier molecular flexibility index (Phi) is 5.93. The number of halogens is 2. The number of fused-ring (bicyclic) bond motifs is 1. The summed E-state index contributed by atoms with van der Waals surface area (Å²) in [7, 11) is 0. The molecule has 2 aromatic heterocycles. The minimum atomic E-state index is -1.18. The highest BCUT2D eigenvalue weighted by Gasteiger charge is 2.36. The predicted octanol–water partition coefficient (Wildman–Crippen LogP) is 6.93. The Morgan fingerprint density at radius 2 is 1.72 bits per heavy atom. The van der Waals surface area contributed by atoms with Crippen LogP contribution in [0.2, 0.25) is 10.0 Å². The molecule has 4 aromatic rings. The quantitative estimate of drug-likeness (QED) is 0.347. The van der Waals surface area contributed by atoms with Gasteiger partial charge in [0.2, 0.25) is 0 Å². The number of aliphatic hydroxyl groups is 1. The van der Waals surface area contributed by atoms with Crippen molar-refractivity contribution in [3.63, 3.8) is 0 Å². The van der Waals surface area contributed by atoms with Crippen LogP contribution in [0.3, 0.4) is 0 Å². The predicted molar refractivity (Wildman–Crippen MR) is 130 cm³/mol. The highest BCUT2D eigenvalue weighted by Crippen LogP contribution is 2.42. The first-order chi connectivity index (χ1) is 15.5. The fraction of sp³-hybridized carbons (Fsp3) is 0.308. The molecular formula is C26H25Cl2N3O. The van der Waals surface area contributed by atoms with Gasteiger partial charge in [-0.05, 0) is 65.9 Å². The molecule has 0 spiro atoms. The summed E-state index contributed by atoms with van der Waals surface area (Å²) < 4.78 is 1.82. The third-order valence-corrected chi connectivity index (χ3v) is 7.00. The van der Waals surface area contributed by atoms with Gasteiger partial charge in [-0.15, -0.1) is 0 Å². The SMILES string of the molecule is OC(CC1CCCCC1)(c1cc(Cl)cc(Cl)c1)c1ccc2c(cnn2-c2ccccn2)c1. The van der Waals surface area contributed by atoms with Crippen molar-refractivity contribution in [2.24, 2.45) is 5.92 Å². The van der Waals surface area contributed by atoms with Gasteiger partial charge in [0.25, 0.3) is 0 Å². The number of aromatic nitrogens is 3. The summed E-state index contributed by atoms with van der Waals surface area (Å²) in [5.41, 5.74) is 1.32. The summed E-state index contributed by atoms with van der Waals surface area (Å²) in [6.07, 6.45) is 10.2. The zero-order valence-electron chi connectivity index (χ0n) is 17.7. The summed E-state index contributed by atoms with van der Waals surface area (Å²) >= 11 is 12.7. The van der Waals surface area contributed by atoms with Crippen molar-refractivity contribution in [2.75, 3.05) is 0 Å². The van der Waals surface area contributed by atoms with Gasteiger partial charge in [-0.1, -0.05) is 67.4 Å². The monoisotopic (exact) mass is 465 g/mol. The lowest BCUT2D eigenvalue weighted by atomic mass is 9.75. The van der Waals surface area contributed by atoms with E-state index >= 15 is 0 Å². The van der Waals surface area contributed by atoms with E-state index in [1.54, 1.807) is 12.3 Å². The molecule has 164 valence electrons. The summed E-state index contributed by atoms with van der Waals surface area (Å²) in [5.74, 6) is 1.22. The maximum atomic E-state index is 12.2. The normalized spacial score (nSPS) is 16.8. The molecule has 4 nitrogen and oxygen atoms in total. The van der Waals surface area contributed by atoms with E-state index in [1.165, 1.54) is 19.3 Å². The number of nitrogens with zero attached hydrogens (tertiary/aromatic N) is 3. The van der Waals surface area contributed by atoms with Crippen LogP contribution < -0.4 is 0 Å². The molecule has 1 saturated carbocycles. The molecule has 0 aliphatic heterocycles. The second-order valence-electron chi connectivity index (χ2n) is 8.74. The minimum Gasteiger partial charge on any atom is -0.380 e. The first-order valence-electron chi connectivity index (χ1n) is 11.1. The molecule has 5 rings (SSSR count). The first kappa shape index (κ1) is 21.4. The number of pyridine rings is 1. The molecule has 32 heavy (non-hydrogen) atoms. The lowest BCUT2D eigenvalue weighted by Crippen LogP contribution is -2.31. The maximum absolute atomic E-state index is 12.2. The van der Waals surface area contributed by atoms with E-state index < -0.39 is 5.60 Å². The van der Waals surface area contributed by atoms with E-state index in [0.29, 0.717) is 22.4 Å². The molecule has 1 N–H and O–H groups in total. The van der Waals surface area contributed by atoms with Crippen LogP contribution in [0.4, 0.5) is 0 Å². The zero-order valence-corrected chi connectivity index (χ0v) is 19.2. The van der Waals surface area contributed by atoms with Gasteiger partial charge in [0.05, 0.1) is 11.7 Å². The van der Waals surface area contributed by atoms with Gasteiger partial charge >= 0.3 is 0 Å². The first-order valence-corrected chi connectivity index (χ1v) is 11.9. The largest absolute Gasteiger partial charge is 0.380 e. The molecule has 1 aliphatic rings. The number of hydrogen-bond donors (Lipinski definition) is 1. The van der Waals surface area contributed by atoms with Crippen molar-refractivity contribution < 1.29 is 5.11 Å². The van der Waals surface area contributed by atoms with Crippen molar-refractivity contribution in [2.45, 2.75) is 44.1 Å². The van der Waals surface area contributed by atoms with Gasteiger partial charge in [0.1, 0.15) is 5.60 Å². The van der Waals surface area contributed by atoms with Crippen LogP contribution in [0.5, 0.6) is 0 Å². The van der Waals surface area contributed by atoms with Crippen molar-refractivity contribution >= 4 is 34.1 Å². The van der Waals surface area contributed by atoms with E-state index in [0.717, 1.165) is 40.7 Å². The Morgan fingerprint density at radius 1 is 0.938 bits per heavy atom. The molecule has 1 fully saturated rings. The zero-order chi connectivity index (χ0) is 22.1. The molecule has 6 heteroatoms. The Bertz CT molecular complexity index is 1210. The van der Waals surface area contributed by atoms with Gasteiger partial charge in [-0.25, -0.2) is 9.67 Å². The average Bonchev–Trinajstić information content (AvgIpc) is 3.23. The van der Waals surface area contributed by atoms with Gasteiger partial charge < -0.3 is 5.11 Å². The molecule has 0 radical (unpaired) electrons. The highest BCUT2D eigenvalue weighted by molar-refractivity contribution is 6.34. The van der Waals surface area contributed by atoms with Crippen LogP contribution in [0.25, 0.3) is 16.7 Å². The summed E-state index contributed by atoms with van der Waals surface area (Å²) in [4.78, 5) is 4.41. The van der Waals surface area contributed by atoms with Gasteiger partial charge in [-0.3, -0.25) is 0 Å². The topological polar surface area (TPSA) is 50.9 Å². The fourth-order valence-electron chi connectivity index (χ4n) is 4.96. The van der Waals surface area contributed by atoms with Crippen LogP contribution in [0, 0.1) is 5.92 Å². The lowest BCUT2D eigenvalue weighted by Gasteiger charge is -2.35. The van der Waals surface area contributed by atoms with Crippen LogP contribution in [0.15, 0.2) is 67.0 Å². The van der Waals surface area contributed by atoms with E-state index in [9.17, 15) is 5.11 Å². The van der Waals surface area contributed by atoms with E-state index in [2.05, 4.69) is 10.1 Å². The van der Waals surface area contributed by atoms with Crippen LogP contribution in [-0.2, 0) is 5.60 Å². The fourth-order valence-corrected chi connectivity index (χ4v) is 5.48. The highest BCUT2D eigenvalue weighted by atomic mass is 35.5. The van der Waals surface area contributed by atoms with Gasteiger partial charge in [0, 0.05) is 21.6 Å². The van der Waals surface area contributed by atoms with Crippen molar-refractivity contribution in [1.82, 2.24) is 14.8 Å². The maximum Gasteiger partial charge on any atom is 0.153 e. The van der Waals surface area contributed by atoms with Crippen LogP contribution in [0.1, 0.15) is 49.7 Å². The second-order valence-corrected chi connectivity index (χ2v) is 9.62. The Morgan fingerprint density at radius 3 is 2.44 bits per heavy atom. The third kappa shape index (κ3) is 4.15. The van der Waals surface area contributed by atoms with E-state index in [1.807, 2.05) is 59.4 Å². The summed E-state index contributed by atoms with van der Waals surface area (Å²) in [6, 6.07) is 17.1. The molecule has 0 amide bonds. The lowest BCUT2D eigenvalue weighted by molar-refractivity contribution is 0.0452. The molecule has 2 heterocycles. The Labute approximate surface area is 197 Å². The molecule has 0 bridgehead atoms. The third-order valence-electron chi connectivity index (χ3n) is 6.56. The molecule has 1 aliphatic carbocycles. The second kappa shape index (κ2) is 8.86. The van der Waals surface area contributed by atoms with Crippen molar-refractivity contribution in [1.29, 1.82) is 0 Å². The Balaban J connectivity index is 1.60. The molecule has 1 atom stereocenters. The minimum absolute atomic E-state index is 0.457. The smallest absolute Gasteiger partial charge is 0.153 e. The number of hydrogen-bond acceptors (Lipinski definition) is 3. The van der Waals surface area contributed by atoms with Crippen molar-refractivity contribution in [3.8, 4) is 5.82 Å². The molecule has 2 aromatic carbocycles. The molecular weight excluding hydrogens is 441 g/mol. The van der Waals surface area contributed by atoms with E-state index in [4.69, 9.17) is 23.2 Å². The molecule has 1 unspecified atom stereocenters. The van der Waals surface area contributed by atoms with Gasteiger partial charge in [0.15, 0.2) is 5.82 Å². The number of benzene rings is 2. The Hall–Kier alpha value is -2.40. The number of rotatable bonds is 5. The molecule has 0 saturated heterocycles. The van der Waals surface area contributed by atoms with Gasteiger partial charge in [-0.2, -0.15) is 5.10 Å². The van der Waals surface area contributed by atoms with Crippen molar-refractivity contribution in [3.05, 3.63) is 88.2 Å². The van der Waals surface area contributed by atoms with E-state index in [-0.39, 0.29) is 0 Å². The standard InChI is InChI=1S/C26H25Cl2N3O/c27-22-13-21(14-23(28)15-22)26(32,16-18-6-2-1-3-7-18)20-9-10-24-19(12-20)17-30-31(24)25-8-4-5-11-29-25/h4-5,8-15,17-18,32H,1-3,6-7,16H2. The summed E-state index contributed by atoms with van der Waals surface area (Å²) in [6.45, 7) is 0. The van der Waals surface area contributed by atoms with Crippen LogP contribution in [-0.4, -0.2) is 19.9 Å². The average molecular weight is 466 g/mol.